The number of para-hydroxylation sites is 1. The van der Waals surface area contributed by atoms with Gasteiger partial charge in [0.05, 0.1) is 6.04 Å². The summed E-state index contributed by atoms with van der Waals surface area (Å²) in [6.45, 7) is 0. The molecule has 1 fully saturated rings. The van der Waals surface area contributed by atoms with Gasteiger partial charge in [-0.25, -0.2) is 0 Å². The second-order valence-electron chi connectivity index (χ2n) is 3.93. The highest BCUT2D eigenvalue weighted by Gasteiger charge is 2.56. The highest BCUT2D eigenvalue weighted by molar-refractivity contribution is 5.44. The Balaban J connectivity index is 2.09. The molecule has 13 heavy (non-hydrogen) atoms. The van der Waals surface area contributed by atoms with Gasteiger partial charge in [0.2, 0.25) is 0 Å². The smallest absolute Gasteiger partial charge is 0.129 e. The Morgan fingerprint density at radius 3 is 2.85 bits per heavy atom. The zero-order valence-corrected chi connectivity index (χ0v) is 7.71. The molecule has 3 rings (SSSR count). The van der Waals surface area contributed by atoms with E-state index in [0.29, 0.717) is 6.04 Å². The Bertz CT molecular complexity index is 344. The molecule has 0 radical (unpaired) electrons. The number of benzene rings is 1. The molecule has 1 N–H and O–H groups in total. The van der Waals surface area contributed by atoms with Crippen LogP contribution in [0.15, 0.2) is 24.3 Å². The summed E-state index contributed by atoms with van der Waals surface area (Å²) in [5.74, 6) is 1.07. The number of nitrogens with one attached hydrogen (secondary N) is 1. The van der Waals surface area contributed by atoms with Crippen molar-refractivity contribution in [1.29, 1.82) is 0 Å². The van der Waals surface area contributed by atoms with Crippen LogP contribution in [-0.4, -0.2) is 12.6 Å². The molecule has 0 bridgehead atoms. The van der Waals surface area contributed by atoms with Gasteiger partial charge in [-0.05, 0) is 26.0 Å². The van der Waals surface area contributed by atoms with Crippen LogP contribution in [0.3, 0.4) is 0 Å². The Kier molecular flexibility index (Phi) is 1.29. The van der Waals surface area contributed by atoms with Crippen LogP contribution in [0.4, 0.5) is 0 Å². The van der Waals surface area contributed by atoms with Crippen LogP contribution >= 0.6 is 0 Å². The van der Waals surface area contributed by atoms with Crippen LogP contribution in [0.5, 0.6) is 5.75 Å². The van der Waals surface area contributed by atoms with Crippen LogP contribution in [-0.2, 0) is 0 Å². The van der Waals surface area contributed by atoms with Crippen molar-refractivity contribution in [3.8, 4) is 5.75 Å². The van der Waals surface area contributed by atoms with Gasteiger partial charge in [0.25, 0.3) is 0 Å². The van der Waals surface area contributed by atoms with E-state index in [1.807, 2.05) is 13.1 Å². The van der Waals surface area contributed by atoms with E-state index in [0.717, 1.165) is 5.75 Å². The molecule has 1 atom stereocenters. The SMILES string of the molecule is CNC1c2ccccc2OC12CC2. The molecule has 1 saturated carbocycles. The first-order chi connectivity index (χ1) is 6.36. The molecule has 0 amide bonds. The standard InChI is InChI=1S/C11H13NO/c1-12-10-8-4-2-3-5-9(8)13-11(10)6-7-11/h2-5,10,12H,6-7H2,1H3. The minimum atomic E-state index is 0.110. The van der Waals surface area contributed by atoms with Crippen molar-refractivity contribution >= 4 is 0 Å². The largest absolute Gasteiger partial charge is 0.485 e. The lowest BCUT2D eigenvalue weighted by atomic mass is 10.0. The maximum absolute atomic E-state index is 5.95. The second kappa shape index (κ2) is 2.26. The number of ether oxygens (including phenoxy) is 1. The normalized spacial score (nSPS) is 27.0. The van der Waals surface area contributed by atoms with Crippen LogP contribution in [0, 0.1) is 0 Å². The average Bonchev–Trinajstić information content (AvgIpc) is 2.83. The number of rotatable bonds is 1. The number of fused-ring (bicyclic) bond motifs is 1. The summed E-state index contributed by atoms with van der Waals surface area (Å²) in [7, 11) is 2.01. The fourth-order valence-electron chi connectivity index (χ4n) is 2.31. The molecule has 1 spiro atoms. The van der Waals surface area contributed by atoms with Crippen molar-refractivity contribution in [2.75, 3.05) is 7.05 Å². The molecule has 1 heterocycles. The third-order valence-electron chi connectivity index (χ3n) is 3.10. The molecular formula is C11H13NO. The Labute approximate surface area is 77.9 Å². The first-order valence-electron chi connectivity index (χ1n) is 4.81. The lowest BCUT2D eigenvalue weighted by Crippen LogP contribution is -2.29. The lowest BCUT2D eigenvalue weighted by Gasteiger charge is -2.16. The van der Waals surface area contributed by atoms with Crippen LogP contribution in [0.2, 0.25) is 0 Å². The van der Waals surface area contributed by atoms with Gasteiger partial charge in [-0.2, -0.15) is 0 Å². The predicted molar refractivity (Wildman–Crippen MR) is 50.8 cm³/mol. The number of hydrogen-bond acceptors (Lipinski definition) is 2. The third-order valence-corrected chi connectivity index (χ3v) is 3.10. The van der Waals surface area contributed by atoms with Crippen molar-refractivity contribution < 1.29 is 4.74 Å². The Hall–Kier alpha value is -1.02. The summed E-state index contributed by atoms with van der Waals surface area (Å²) in [6.07, 6.45) is 2.38. The summed E-state index contributed by atoms with van der Waals surface area (Å²) in [5, 5.41) is 3.35. The second-order valence-corrected chi connectivity index (χ2v) is 3.93. The molecule has 0 saturated heterocycles. The molecule has 1 aromatic rings. The van der Waals surface area contributed by atoms with Gasteiger partial charge in [-0.15, -0.1) is 0 Å². The Morgan fingerprint density at radius 1 is 1.38 bits per heavy atom. The highest BCUT2D eigenvalue weighted by Crippen LogP contribution is 2.56. The van der Waals surface area contributed by atoms with Crippen LogP contribution < -0.4 is 10.1 Å². The first-order valence-corrected chi connectivity index (χ1v) is 4.81. The van der Waals surface area contributed by atoms with E-state index in [1.165, 1.54) is 18.4 Å². The van der Waals surface area contributed by atoms with Gasteiger partial charge < -0.3 is 10.1 Å². The summed E-state index contributed by atoms with van der Waals surface area (Å²) < 4.78 is 5.95. The van der Waals surface area contributed by atoms with Crippen molar-refractivity contribution in [2.45, 2.75) is 24.5 Å². The highest BCUT2D eigenvalue weighted by atomic mass is 16.5. The van der Waals surface area contributed by atoms with E-state index in [-0.39, 0.29) is 5.60 Å². The van der Waals surface area contributed by atoms with E-state index >= 15 is 0 Å². The molecule has 1 aliphatic heterocycles. The topological polar surface area (TPSA) is 21.3 Å². The van der Waals surface area contributed by atoms with Crippen LogP contribution in [0.1, 0.15) is 24.4 Å². The van der Waals surface area contributed by atoms with E-state index in [1.54, 1.807) is 0 Å². The molecule has 2 heteroatoms. The van der Waals surface area contributed by atoms with E-state index in [4.69, 9.17) is 4.74 Å². The maximum Gasteiger partial charge on any atom is 0.129 e. The molecule has 1 aliphatic carbocycles. The molecule has 68 valence electrons. The van der Waals surface area contributed by atoms with Gasteiger partial charge in [-0.1, -0.05) is 18.2 Å². The van der Waals surface area contributed by atoms with Crippen molar-refractivity contribution in [2.24, 2.45) is 0 Å². The minimum absolute atomic E-state index is 0.110. The van der Waals surface area contributed by atoms with E-state index < -0.39 is 0 Å². The summed E-state index contributed by atoms with van der Waals surface area (Å²) >= 11 is 0. The van der Waals surface area contributed by atoms with Crippen molar-refractivity contribution in [3.63, 3.8) is 0 Å². The maximum atomic E-state index is 5.95. The lowest BCUT2D eigenvalue weighted by molar-refractivity contribution is 0.170. The van der Waals surface area contributed by atoms with Gasteiger partial charge >= 0.3 is 0 Å². The number of hydrogen-bond donors (Lipinski definition) is 1. The minimum Gasteiger partial charge on any atom is -0.485 e. The molecule has 2 nitrogen and oxygen atoms in total. The molecule has 1 aromatic carbocycles. The van der Waals surface area contributed by atoms with Gasteiger partial charge in [-0.3, -0.25) is 0 Å². The molecule has 2 aliphatic rings. The monoisotopic (exact) mass is 175 g/mol. The fraction of sp³-hybridized carbons (Fsp3) is 0.455. The van der Waals surface area contributed by atoms with E-state index in [2.05, 4.69) is 23.5 Å². The number of likely N-dealkylation sites (N-methyl/N-ethyl adjacent to an activating group) is 1. The first kappa shape index (κ1) is 7.39. The van der Waals surface area contributed by atoms with Crippen molar-refractivity contribution in [1.82, 2.24) is 5.32 Å². The predicted octanol–water partition coefficient (Wildman–Crippen LogP) is 1.87. The van der Waals surface area contributed by atoms with Crippen LogP contribution in [0.25, 0.3) is 0 Å². The zero-order chi connectivity index (χ0) is 8.89. The van der Waals surface area contributed by atoms with E-state index in [9.17, 15) is 0 Å². The van der Waals surface area contributed by atoms with Gasteiger partial charge in [0.15, 0.2) is 0 Å². The fourth-order valence-corrected chi connectivity index (χ4v) is 2.31. The van der Waals surface area contributed by atoms with Gasteiger partial charge in [0, 0.05) is 5.56 Å². The molecule has 1 unspecified atom stereocenters. The van der Waals surface area contributed by atoms with Gasteiger partial charge in [0.1, 0.15) is 11.4 Å². The third kappa shape index (κ3) is 0.866. The summed E-state index contributed by atoms with van der Waals surface area (Å²) in [6, 6.07) is 8.74. The summed E-state index contributed by atoms with van der Waals surface area (Å²) in [4.78, 5) is 0. The summed E-state index contributed by atoms with van der Waals surface area (Å²) in [5.41, 5.74) is 1.43. The average molecular weight is 175 g/mol. The molecular weight excluding hydrogens is 162 g/mol. The quantitative estimate of drug-likeness (QED) is 0.703. The zero-order valence-electron chi connectivity index (χ0n) is 7.71. The Morgan fingerprint density at radius 2 is 2.15 bits per heavy atom. The van der Waals surface area contributed by atoms with Crippen molar-refractivity contribution in [3.05, 3.63) is 29.8 Å². The molecule has 0 aromatic heterocycles.